The van der Waals surface area contributed by atoms with E-state index in [4.69, 9.17) is 9.47 Å². The molecule has 3 atom stereocenters. The zero-order chi connectivity index (χ0) is 29.6. The van der Waals surface area contributed by atoms with Gasteiger partial charge in [-0.2, -0.15) is 0 Å². The normalized spacial score (nSPS) is 18.9. The van der Waals surface area contributed by atoms with E-state index in [0.717, 1.165) is 16.0 Å². The van der Waals surface area contributed by atoms with Gasteiger partial charge in [0.25, 0.3) is 15.7 Å². The first kappa shape index (κ1) is 27.3. The van der Waals surface area contributed by atoms with Crippen molar-refractivity contribution in [2.24, 2.45) is 5.92 Å². The Morgan fingerprint density at radius 3 is 2.50 bits per heavy atom. The molecule has 0 bridgehead atoms. The van der Waals surface area contributed by atoms with Gasteiger partial charge in [-0.25, -0.2) is 22.2 Å². The molecule has 1 aliphatic rings. The third-order valence-electron chi connectivity index (χ3n) is 7.66. The summed E-state index contributed by atoms with van der Waals surface area (Å²) in [6, 6.07) is 13.4. The molecule has 2 aromatic carbocycles. The number of non-ortho nitro benzene ring substituents is 1. The Morgan fingerprint density at radius 2 is 1.81 bits per heavy atom. The number of nitrogens with zero attached hydrogens (tertiary/aromatic N) is 6. The first-order valence-electron chi connectivity index (χ1n) is 13.3. The van der Waals surface area contributed by atoms with Crippen molar-refractivity contribution in [3.05, 3.63) is 88.5 Å². The predicted molar refractivity (Wildman–Crippen MR) is 150 cm³/mol. The van der Waals surface area contributed by atoms with E-state index in [1.807, 2.05) is 18.2 Å². The number of ether oxygens (including phenoxy) is 2. The monoisotopic (exact) mass is 590 g/mol. The number of aryl methyl sites for hydroxylation is 1. The second-order valence-electron chi connectivity index (χ2n) is 10.2. The van der Waals surface area contributed by atoms with Gasteiger partial charge in [-0.3, -0.25) is 14.5 Å². The average Bonchev–Trinajstić information content (AvgIpc) is 3.69. The van der Waals surface area contributed by atoms with Crippen molar-refractivity contribution in [1.29, 1.82) is 0 Å². The topological polar surface area (TPSA) is 161 Å². The Hall–Kier alpha value is -4.85. The van der Waals surface area contributed by atoms with Gasteiger partial charge in [-0.1, -0.05) is 31.0 Å². The lowest BCUT2D eigenvalue weighted by atomic mass is 9.93. The molecule has 0 radical (unpaired) electrons. The first-order chi connectivity index (χ1) is 20.2. The van der Waals surface area contributed by atoms with Gasteiger partial charge in [-0.05, 0) is 56.0 Å². The molecule has 3 aromatic heterocycles. The number of carbonyl (C=O) groups is 1. The van der Waals surface area contributed by atoms with Crippen LogP contribution in [0.15, 0.2) is 71.9 Å². The maximum atomic E-state index is 13.4. The van der Waals surface area contributed by atoms with Crippen LogP contribution in [0.25, 0.3) is 16.8 Å². The highest BCUT2D eigenvalue weighted by Gasteiger charge is 2.39. The van der Waals surface area contributed by atoms with E-state index in [0.29, 0.717) is 29.8 Å². The molecule has 6 rings (SSSR count). The molecule has 0 N–H and O–H groups in total. The highest BCUT2D eigenvalue weighted by molar-refractivity contribution is 7.90. The molecule has 5 aromatic rings. The van der Waals surface area contributed by atoms with Crippen molar-refractivity contribution in [3.8, 4) is 5.75 Å². The Bertz CT molecular complexity index is 1920. The fourth-order valence-corrected chi connectivity index (χ4v) is 6.84. The van der Waals surface area contributed by atoms with E-state index in [1.165, 1.54) is 36.7 Å². The summed E-state index contributed by atoms with van der Waals surface area (Å²) in [4.78, 5) is 27.4. The SMILES string of the molecule is CCC1CC(OC(=O)Oc2ccc([N+](=O)[O-])cc2)CC1c1nnc2cnc3c(ccn3S(=O)(=O)c3ccc(C)cc3)n12. The molecule has 0 spiro atoms. The summed E-state index contributed by atoms with van der Waals surface area (Å²) in [5, 5.41) is 19.6. The van der Waals surface area contributed by atoms with E-state index in [9.17, 15) is 23.3 Å². The quantitative estimate of drug-likeness (QED) is 0.109. The average molecular weight is 591 g/mol. The summed E-state index contributed by atoms with van der Waals surface area (Å²) in [6.45, 7) is 3.93. The van der Waals surface area contributed by atoms with Crippen LogP contribution in [0.5, 0.6) is 5.75 Å². The zero-order valence-electron chi connectivity index (χ0n) is 22.7. The zero-order valence-corrected chi connectivity index (χ0v) is 23.5. The highest BCUT2D eigenvalue weighted by atomic mass is 32.2. The number of aromatic nitrogens is 5. The van der Waals surface area contributed by atoms with Crippen molar-refractivity contribution >= 4 is 38.7 Å². The Morgan fingerprint density at radius 1 is 1.07 bits per heavy atom. The maximum absolute atomic E-state index is 13.4. The van der Waals surface area contributed by atoms with Crippen molar-refractivity contribution in [2.75, 3.05) is 0 Å². The van der Waals surface area contributed by atoms with Crippen LogP contribution < -0.4 is 4.74 Å². The van der Waals surface area contributed by atoms with Gasteiger partial charge in [0.15, 0.2) is 11.3 Å². The van der Waals surface area contributed by atoms with E-state index >= 15 is 0 Å². The number of hydrogen-bond donors (Lipinski definition) is 0. The molecule has 0 aliphatic heterocycles. The predicted octanol–water partition coefficient (Wildman–Crippen LogP) is 5.02. The molecule has 3 unspecified atom stereocenters. The summed E-state index contributed by atoms with van der Waals surface area (Å²) in [7, 11) is -3.90. The molecule has 1 saturated carbocycles. The molecular formula is C28H26N6O7S. The summed E-state index contributed by atoms with van der Waals surface area (Å²) in [5.74, 6) is 0.737. The molecule has 13 nitrogen and oxygen atoms in total. The fourth-order valence-electron chi connectivity index (χ4n) is 5.54. The van der Waals surface area contributed by atoms with Gasteiger partial charge in [0, 0.05) is 24.2 Å². The lowest BCUT2D eigenvalue weighted by Crippen LogP contribution is -2.18. The van der Waals surface area contributed by atoms with Gasteiger partial charge >= 0.3 is 6.16 Å². The van der Waals surface area contributed by atoms with Crippen molar-refractivity contribution in [1.82, 2.24) is 23.6 Å². The number of fused-ring (bicyclic) bond motifs is 3. The second kappa shape index (κ2) is 10.5. The van der Waals surface area contributed by atoms with E-state index in [1.54, 1.807) is 30.3 Å². The van der Waals surface area contributed by atoms with Crippen LogP contribution in [0.1, 0.15) is 43.5 Å². The first-order valence-corrected chi connectivity index (χ1v) is 14.8. The Kier molecular flexibility index (Phi) is 6.85. The number of carbonyl (C=O) groups excluding carboxylic acids is 1. The summed E-state index contributed by atoms with van der Waals surface area (Å²) in [5.41, 5.74) is 2.09. The molecule has 1 fully saturated rings. The summed E-state index contributed by atoms with van der Waals surface area (Å²) in [6.07, 6.45) is 3.42. The largest absolute Gasteiger partial charge is 0.514 e. The number of hydrogen-bond acceptors (Lipinski definition) is 10. The molecule has 0 saturated heterocycles. The molecule has 216 valence electrons. The van der Waals surface area contributed by atoms with Crippen LogP contribution in [0.3, 0.4) is 0 Å². The summed E-state index contributed by atoms with van der Waals surface area (Å²) >= 11 is 0. The van der Waals surface area contributed by atoms with Crippen molar-refractivity contribution in [3.63, 3.8) is 0 Å². The number of nitro benzene ring substituents is 1. The minimum absolute atomic E-state index is 0.108. The molecular weight excluding hydrogens is 564 g/mol. The third kappa shape index (κ3) is 4.83. The van der Waals surface area contributed by atoms with Crippen LogP contribution >= 0.6 is 0 Å². The minimum Gasteiger partial charge on any atom is -0.431 e. The Labute approximate surface area is 239 Å². The fraction of sp³-hybridized carbons (Fsp3) is 0.286. The second-order valence-corrected chi connectivity index (χ2v) is 12.1. The molecule has 3 heterocycles. The lowest BCUT2D eigenvalue weighted by molar-refractivity contribution is -0.384. The van der Waals surface area contributed by atoms with Crippen LogP contribution in [0.4, 0.5) is 10.5 Å². The molecule has 14 heteroatoms. The molecule has 42 heavy (non-hydrogen) atoms. The van der Waals surface area contributed by atoms with Gasteiger partial charge in [0.05, 0.1) is 21.5 Å². The van der Waals surface area contributed by atoms with Crippen LogP contribution in [0.2, 0.25) is 0 Å². The van der Waals surface area contributed by atoms with E-state index in [-0.39, 0.29) is 33.8 Å². The molecule has 0 amide bonds. The lowest BCUT2D eigenvalue weighted by Gasteiger charge is -2.15. The van der Waals surface area contributed by atoms with E-state index in [2.05, 4.69) is 15.2 Å². The van der Waals surface area contributed by atoms with Gasteiger partial charge in [-0.15, -0.1) is 10.2 Å². The summed E-state index contributed by atoms with van der Waals surface area (Å²) < 4.78 is 40.7. The smallest absolute Gasteiger partial charge is 0.431 e. The highest BCUT2D eigenvalue weighted by Crippen LogP contribution is 2.43. The number of rotatable bonds is 7. The van der Waals surface area contributed by atoms with Crippen LogP contribution in [-0.4, -0.2) is 49.2 Å². The number of benzene rings is 2. The number of nitro groups is 1. The minimum atomic E-state index is -3.90. The van der Waals surface area contributed by atoms with Crippen molar-refractivity contribution in [2.45, 2.75) is 50.0 Å². The third-order valence-corrected chi connectivity index (χ3v) is 9.34. The van der Waals surface area contributed by atoms with Crippen LogP contribution in [0, 0.1) is 23.0 Å². The van der Waals surface area contributed by atoms with E-state index < -0.39 is 27.2 Å². The van der Waals surface area contributed by atoms with Gasteiger partial charge < -0.3 is 9.47 Å². The van der Waals surface area contributed by atoms with Crippen molar-refractivity contribution < 1.29 is 27.6 Å². The Balaban J connectivity index is 1.27. The van der Waals surface area contributed by atoms with Gasteiger partial charge in [0.2, 0.25) is 0 Å². The maximum Gasteiger partial charge on any atom is 0.514 e. The molecule has 1 aliphatic carbocycles. The standard InChI is InChI=1S/C28H26N6O7S/c1-3-18-14-21(41-28(35)40-20-8-6-19(7-9-20)34(36)37)15-23(18)26-31-30-25-16-29-27-24(33(25)26)12-13-32(27)42(38,39)22-10-4-17(2)5-11-22/h4-13,16,18,21,23H,3,14-15H2,1-2H3. The van der Waals surface area contributed by atoms with Crippen LogP contribution in [-0.2, 0) is 14.8 Å². The van der Waals surface area contributed by atoms with Gasteiger partial charge in [0.1, 0.15) is 17.7 Å².